The Morgan fingerprint density at radius 1 is 1.11 bits per heavy atom. The van der Waals surface area contributed by atoms with Crippen LogP contribution in [0.4, 0.5) is 0 Å². The van der Waals surface area contributed by atoms with E-state index in [1.54, 1.807) is 38.0 Å². The van der Waals surface area contributed by atoms with Crippen molar-refractivity contribution in [2.24, 2.45) is 5.92 Å². The number of piperidine rings is 1. The molecule has 10 nitrogen and oxygen atoms in total. The first-order chi connectivity index (χ1) is 17.6. The molecule has 0 radical (unpaired) electrons. The molecular formula is C26H39N5O5S. The van der Waals surface area contributed by atoms with Crippen molar-refractivity contribution in [1.82, 2.24) is 24.0 Å². The molecule has 3 heterocycles. The van der Waals surface area contributed by atoms with Crippen molar-refractivity contribution in [3.05, 3.63) is 41.1 Å². The number of rotatable bonds is 8. The number of benzene rings is 1. The summed E-state index contributed by atoms with van der Waals surface area (Å²) >= 11 is 0. The van der Waals surface area contributed by atoms with Crippen molar-refractivity contribution < 1.29 is 22.4 Å². The number of aromatic nitrogens is 1. The summed E-state index contributed by atoms with van der Waals surface area (Å²) in [6.45, 7) is 9.82. The second-order valence-electron chi connectivity index (χ2n) is 10.3. The van der Waals surface area contributed by atoms with Crippen LogP contribution in [0.25, 0.3) is 0 Å². The topological polar surface area (TPSA) is 99.4 Å². The van der Waals surface area contributed by atoms with Crippen molar-refractivity contribution >= 4 is 15.9 Å². The van der Waals surface area contributed by atoms with Gasteiger partial charge < -0.3 is 19.0 Å². The number of piperazine rings is 1. The van der Waals surface area contributed by atoms with Gasteiger partial charge in [0.15, 0.2) is 5.69 Å². The summed E-state index contributed by atoms with van der Waals surface area (Å²) < 4.78 is 38.5. The highest BCUT2D eigenvalue weighted by Crippen LogP contribution is 2.28. The predicted molar refractivity (Wildman–Crippen MR) is 140 cm³/mol. The summed E-state index contributed by atoms with van der Waals surface area (Å²) in [6, 6.07) is 3.40. The number of amides is 1. The number of likely N-dealkylation sites (tertiary alicyclic amines) is 1. The van der Waals surface area contributed by atoms with Gasteiger partial charge in [0.25, 0.3) is 5.91 Å². The van der Waals surface area contributed by atoms with Crippen LogP contribution < -0.4 is 4.74 Å². The van der Waals surface area contributed by atoms with E-state index in [1.165, 1.54) is 30.5 Å². The average molecular weight is 534 g/mol. The van der Waals surface area contributed by atoms with E-state index in [2.05, 4.69) is 21.8 Å². The molecule has 0 spiro atoms. The molecule has 11 heteroatoms. The van der Waals surface area contributed by atoms with Gasteiger partial charge in [0.05, 0.1) is 18.6 Å². The molecule has 0 unspecified atom stereocenters. The number of ether oxygens (including phenoxy) is 1. The number of nitrogens with zero attached hydrogens (tertiary/aromatic N) is 5. The Hall–Kier alpha value is -2.47. The zero-order valence-corrected chi connectivity index (χ0v) is 23.4. The van der Waals surface area contributed by atoms with Gasteiger partial charge in [-0.05, 0) is 76.0 Å². The second kappa shape index (κ2) is 11.5. The van der Waals surface area contributed by atoms with Crippen LogP contribution in [0.3, 0.4) is 0 Å². The number of aryl methyl sites for hydroxylation is 2. The first-order valence-corrected chi connectivity index (χ1v) is 14.3. The summed E-state index contributed by atoms with van der Waals surface area (Å²) in [6.07, 6.45) is 3.80. The summed E-state index contributed by atoms with van der Waals surface area (Å²) in [5.41, 5.74) is 1.41. The van der Waals surface area contributed by atoms with Crippen LogP contribution in [0.15, 0.2) is 27.7 Å². The molecule has 2 aliphatic rings. The zero-order chi connectivity index (χ0) is 26.7. The van der Waals surface area contributed by atoms with E-state index in [4.69, 9.17) is 9.15 Å². The fourth-order valence-corrected chi connectivity index (χ4v) is 6.78. The lowest BCUT2D eigenvalue weighted by Gasteiger charge is -2.38. The molecule has 2 aromatic rings. The van der Waals surface area contributed by atoms with Crippen molar-refractivity contribution in [3.8, 4) is 5.75 Å². The van der Waals surface area contributed by atoms with Crippen LogP contribution in [0, 0.1) is 19.8 Å². The molecule has 2 fully saturated rings. The minimum absolute atomic E-state index is 0.0785. The molecule has 0 saturated carbocycles. The Labute approximate surface area is 220 Å². The molecule has 2 saturated heterocycles. The highest BCUT2D eigenvalue weighted by molar-refractivity contribution is 7.89. The first-order valence-electron chi connectivity index (χ1n) is 12.8. The van der Waals surface area contributed by atoms with Crippen molar-refractivity contribution in [2.75, 3.05) is 67.0 Å². The number of methoxy groups -OCH3 is 1. The van der Waals surface area contributed by atoms with E-state index in [9.17, 15) is 13.2 Å². The monoisotopic (exact) mass is 533 g/mol. The van der Waals surface area contributed by atoms with Crippen LogP contribution in [0.1, 0.15) is 40.3 Å². The Bertz CT molecular complexity index is 1170. The van der Waals surface area contributed by atoms with Gasteiger partial charge in [-0.15, -0.1) is 0 Å². The molecule has 1 amide bonds. The highest BCUT2D eigenvalue weighted by Gasteiger charge is 2.29. The lowest BCUT2D eigenvalue weighted by atomic mass is 9.96. The quantitative estimate of drug-likeness (QED) is 0.509. The van der Waals surface area contributed by atoms with E-state index >= 15 is 0 Å². The molecule has 0 N–H and O–H groups in total. The fourth-order valence-electron chi connectivity index (χ4n) is 5.25. The summed E-state index contributed by atoms with van der Waals surface area (Å²) in [5.74, 6) is 1.34. The van der Waals surface area contributed by atoms with Gasteiger partial charge >= 0.3 is 0 Å². The highest BCUT2D eigenvalue weighted by atomic mass is 32.2. The van der Waals surface area contributed by atoms with Gasteiger partial charge in [0, 0.05) is 39.8 Å². The number of carbonyl (C=O) groups excluding carboxylic acids is 1. The normalized spacial score (nSPS) is 18.5. The molecule has 4 rings (SSSR count). The maximum atomic E-state index is 13.3. The van der Waals surface area contributed by atoms with Gasteiger partial charge in [-0.25, -0.2) is 13.4 Å². The van der Waals surface area contributed by atoms with Gasteiger partial charge in [-0.3, -0.25) is 9.69 Å². The van der Waals surface area contributed by atoms with Crippen LogP contribution in [-0.4, -0.2) is 105 Å². The summed E-state index contributed by atoms with van der Waals surface area (Å²) in [7, 11) is 1.40. The van der Waals surface area contributed by atoms with Crippen molar-refractivity contribution in [1.29, 1.82) is 0 Å². The predicted octanol–water partition coefficient (Wildman–Crippen LogP) is 2.22. The van der Waals surface area contributed by atoms with E-state index in [0.29, 0.717) is 30.0 Å². The molecule has 1 aromatic carbocycles. The number of sulfonamides is 1. The van der Waals surface area contributed by atoms with Crippen LogP contribution in [0.5, 0.6) is 5.75 Å². The van der Waals surface area contributed by atoms with Gasteiger partial charge in [-0.2, -0.15) is 4.31 Å². The molecule has 37 heavy (non-hydrogen) atoms. The second-order valence-corrected chi connectivity index (χ2v) is 12.3. The number of hydrogen-bond donors (Lipinski definition) is 0. The Morgan fingerprint density at radius 3 is 2.32 bits per heavy atom. The van der Waals surface area contributed by atoms with Gasteiger partial charge in [0.2, 0.25) is 15.9 Å². The molecule has 0 atom stereocenters. The molecule has 1 aromatic heterocycles. The molecule has 204 valence electrons. The minimum atomic E-state index is -3.80. The summed E-state index contributed by atoms with van der Waals surface area (Å²) in [4.78, 5) is 24.2. The fraction of sp³-hybridized carbons (Fsp3) is 0.615. The zero-order valence-electron chi connectivity index (χ0n) is 22.6. The summed E-state index contributed by atoms with van der Waals surface area (Å²) in [5, 5.41) is 0. The maximum Gasteiger partial charge on any atom is 0.275 e. The standard InChI is InChI=1S/C26H39N5O5S/c1-19-14-22(35-5)15-20(2)25(19)37(33,34)29(4)17-24-27-23(18-36-24)26(32)31-12-10-30(11-13-31)16-21-6-8-28(3)9-7-21/h14-15,18,21H,6-13,16-17H2,1-5H3. The third-order valence-corrected chi connectivity index (χ3v) is 9.59. The lowest BCUT2D eigenvalue weighted by molar-refractivity contribution is 0.0588. The van der Waals surface area contributed by atoms with Crippen LogP contribution in [0.2, 0.25) is 0 Å². The SMILES string of the molecule is COc1cc(C)c(S(=O)(=O)N(C)Cc2nc(C(=O)N3CCN(CC4CCN(C)CC4)CC3)co2)c(C)c1. The van der Waals surface area contributed by atoms with E-state index < -0.39 is 10.0 Å². The maximum absolute atomic E-state index is 13.3. The molecule has 2 aliphatic heterocycles. The molecular weight excluding hydrogens is 494 g/mol. The Morgan fingerprint density at radius 2 is 1.73 bits per heavy atom. The third kappa shape index (κ3) is 6.34. The smallest absolute Gasteiger partial charge is 0.275 e. The average Bonchev–Trinajstić information content (AvgIpc) is 3.33. The lowest BCUT2D eigenvalue weighted by Crippen LogP contribution is -2.50. The molecule has 0 aliphatic carbocycles. The third-order valence-electron chi connectivity index (χ3n) is 7.48. The van der Waals surface area contributed by atoms with Crippen LogP contribution in [-0.2, 0) is 16.6 Å². The van der Waals surface area contributed by atoms with Crippen LogP contribution >= 0.6 is 0 Å². The van der Waals surface area contributed by atoms with Crippen molar-refractivity contribution in [2.45, 2.75) is 38.1 Å². The largest absolute Gasteiger partial charge is 0.497 e. The molecule has 0 bridgehead atoms. The number of oxazole rings is 1. The van der Waals surface area contributed by atoms with Gasteiger partial charge in [-0.1, -0.05) is 0 Å². The Kier molecular flexibility index (Phi) is 8.57. The number of carbonyl (C=O) groups is 1. The van der Waals surface area contributed by atoms with E-state index in [-0.39, 0.29) is 28.9 Å². The van der Waals surface area contributed by atoms with Crippen molar-refractivity contribution in [3.63, 3.8) is 0 Å². The van der Waals surface area contributed by atoms with E-state index in [1.807, 2.05) is 0 Å². The Balaban J connectivity index is 1.33. The van der Waals surface area contributed by atoms with E-state index in [0.717, 1.165) is 38.6 Å². The number of hydrogen-bond acceptors (Lipinski definition) is 8. The minimum Gasteiger partial charge on any atom is -0.497 e. The van der Waals surface area contributed by atoms with Gasteiger partial charge in [0.1, 0.15) is 12.0 Å². The first kappa shape index (κ1) is 27.6.